The van der Waals surface area contributed by atoms with E-state index in [1.165, 1.54) is 18.9 Å². The highest BCUT2D eigenvalue weighted by atomic mass is 16.5. The van der Waals surface area contributed by atoms with E-state index in [2.05, 4.69) is 16.1 Å². The van der Waals surface area contributed by atoms with Crippen molar-refractivity contribution in [3.05, 3.63) is 66.1 Å². The van der Waals surface area contributed by atoms with Gasteiger partial charge in [-0.25, -0.2) is 4.98 Å². The molecule has 1 aromatic heterocycles. The molecule has 0 saturated heterocycles. The summed E-state index contributed by atoms with van der Waals surface area (Å²) in [7, 11) is 3.20. The van der Waals surface area contributed by atoms with E-state index >= 15 is 0 Å². The van der Waals surface area contributed by atoms with Crippen LogP contribution in [0.1, 0.15) is 24.2 Å². The maximum Gasteiger partial charge on any atom is 0.248 e. The van der Waals surface area contributed by atoms with Crippen LogP contribution in [-0.2, 0) is 17.8 Å². The molecule has 0 spiro atoms. The SMILES string of the molecule is COc1ccc(OC)c(/C=C/C(=O)Nc2ccc(-c3cn4c(n3)CCCC4)cc2)c1. The van der Waals surface area contributed by atoms with Gasteiger partial charge < -0.3 is 19.4 Å². The van der Waals surface area contributed by atoms with Gasteiger partial charge in [0.15, 0.2) is 0 Å². The number of aromatic nitrogens is 2. The molecule has 2 aromatic carbocycles. The van der Waals surface area contributed by atoms with Crippen molar-refractivity contribution in [1.29, 1.82) is 0 Å². The molecular weight excluding hydrogens is 378 g/mol. The number of imidazole rings is 1. The molecule has 1 N–H and O–H groups in total. The van der Waals surface area contributed by atoms with Gasteiger partial charge in [-0.2, -0.15) is 0 Å². The summed E-state index contributed by atoms with van der Waals surface area (Å²) in [5, 5.41) is 2.88. The molecule has 6 heteroatoms. The summed E-state index contributed by atoms with van der Waals surface area (Å²) in [6.07, 6.45) is 8.76. The number of anilines is 1. The van der Waals surface area contributed by atoms with Crippen LogP contribution in [-0.4, -0.2) is 29.7 Å². The van der Waals surface area contributed by atoms with Crippen molar-refractivity contribution < 1.29 is 14.3 Å². The molecule has 0 atom stereocenters. The summed E-state index contributed by atoms with van der Waals surface area (Å²) in [6, 6.07) is 13.2. The van der Waals surface area contributed by atoms with Gasteiger partial charge in [0.2, 0.25) is 5.91 Å². The smallest absolute Gasteiger partial charge is 0.248 e. The molecule has 2 heterocycles. The predicted molar refractivity (Wildman–Crippen MR) is 118 cm³/mol. The number of amides is 1. The summed E-state index contributed by atoms with van der Waals surface area (Å²) in [4.78, 5) is 17.1. The van der Waals surface area contributed by atoms with Gasteiger partial charge in [-0.3, -0.25) is 4.79 Å². The van der Waals surface area contributed by atoms with E-state index < -0.39 is 0 Å². The Hall–Kier alpha value is -3.54. The maximum absolute atomic E-state index is 12.3. The fraction of sp³-hybridized carbons (Fsp3) is 0.250. The van der Waals surface area contributed by atoms with E-state index in [0.29, 0.717) is 11.5 Å². The van der Waals surface area contributed by atoms with E-state index in [4.69, 9.17) is 14.5 Å². The first-order chi connectivity index (χ1) is 14.7. The fourth-order valence-corrected chi connectivity index (χ4v) is 3.60. The standard InChI is InChI=1S/C24H25N3O3/c1-29-20-11-12-22(30-2)18(15-20)8-13-24(28)25-19-9-6-17(7-10-19)21-16-27-14-4-3-5-23(27)26-21/h6-13,15-16H,3-5,14H2,1-2H3,(H,25,28)/b13-8+. The third-order valence-corrected chi connectivity index (χ3v) is 5.21. The van der Waals surface area contributed by atoms with Gasteiger partial charge >= 0.3 is 0 Å². The maximum atomic E-state index is 12.3. The number of nitrogens with zero attached hydrogens (tertiary/aromatic N) is 2. The lowest BCUT2D eigenvalue weighted by Gasteiger charge is -2.11. The predicted octanol–water partition coefficient (Wildman–Crippen LogP) is 4.56. The second-order valence-electron chi connectivity index (χ2n) is 7.20. The highest BCUT2D eigenvalue weighted by Crippen LogP contribution is 2.26. The Bertz CT molecular complexity index is 1040. The summed E-state index contributed by atoms with van der Waals surface area (Å²) in [6.45, 7) is 1.04. The number of nitrogens with one attached hydrogen (secondary N) is 1. The Morgan fingerprint density at radius 3 is 2.67 bits per heavy atom. The van der Waals surface area contributed by atoms with Gasteiger partial charge in [-0.1, -0.05) is 12.1 Å². The van der Waals surface area contributed by atoms with Crippen molar-refractivity contribution in [2.75, 3.05) is 19.5 Å². The van der Waals surface area contributed by atoms with Crippen LogP contribution in [0.5, 0.6) is 11.5 Å². The van der Waals surface area contributed by atoms with Crippen molar-refractivity contribution in [2.24, 2.45) is 0 Å². The van der Waals surface area contributed by atoms with Crippen LogP contribution in [0.4, 0.5) is 5.69 Å². The average Bonchev–Trinajstić information content (AvgIpc) is 3.22. The summed E-state index contributed by atoms with van der Waals surface area (Å²) in [5.41, 5.74) is 3.53. The van der Waals surface area contributed by atoms with E-state index in [1.54, 1.807) is 20.3 Å². The minimum absolute atomic E-state index is 0.218. The first-order valence-electron chi connectivity index (χ1n) is 10.0. The number of hydrogen-bond donors (Lipinski definition) is 1. The minimum atomic E-state index is -0.218. The Morgan fingerprint density at radius 1 is 1.10 bits per heavy atom. The number of ether oxygens (including phenoxy) is 2. The highest BCUT2D eigenvalue weighted by Gasteiger charge is 2.13. The van der Waals surface area contributed by atoms with E-state index in [1.807, 2.05) is 42.5 Å². The van der Waals surface area contributed by atoms with Crippen LogP contribution in [0.3, 0.4) is 0 Å². The molecule has 1 amide bonds. The van der Waals surface area contributed by atoms with Crippen LogP contribution in [0.15, 0.2) is 54.7 Å². The summed E-state index contributed by atoms with van der Waals surface area (Å²) < 4.78 is 12.8. The first-order valence-corrected chi connectivity index (χ1v) is 10.0. The molecule has 3 aromatic rings. The van der Waals surface area contributed by atoms with Gasteiger partial charge in [0.1, 0.15) is 17.3 Å². The van der Waals surface area contributed by atoms with Crippen molar-refractivity contribution in [2.45, 2.75) is 25.8 Å². The van der Waals surface area contributed by atoms with Crippen LogP contribution >= 0.6 is 0 Å². The lowest BCUT2D eigenvalue weighted by atomic mass is 10.1. The number of carbonyl (C=O) groups excluding carboxylic acids is 1. The van der Waals surface area contributed by atoms with Gasteiger partial charge in [0.25, 0.3) is 0 Å². The lowest BCUT2D eigenvalue weighted by molar-refractivity contribution is -0.111. The van der Waals surface area contributed by atoms with E-state index in [-0.39, 0.29) is 5.91 Å². The molecule has 1 aliphatic heterocycles. The van der Waals surface area contributed by atoms with Crippen LogP contribution < -0.4 is 14.8 Å². The quantitative estimate of drug-likeness (QED) is 0.613. The number of benzene rings is 2. The highest BCUT2D eigenvalue weighted by molar-refractivity contribution is 6.02. The van der Waals surface area contributed by atoms with Crippen molar-refractivity contribution >= 4 is 17.7 Å². The van der Waals surface area contributed by atoms with E-state index in [0.717, 1.165) is 41.3 Å². The zero-order valence-electron chi connectivity index (χ0n) is 17.2. The molecule has 30 heavy (non-hydrogen) atoms. The number of hydrogen-bond acceptors (Lipinski definition) is 4. The normalized spacial score (nSPS) is 13.1. The van der Waals surface area contributed by atoms with Gasteiger partial charge in [-0.05, 0) is 49.2 Å². The van der Waals surface area contributed by atoms with Crippen LogP contribution in [0.25, 0.3) is 17.3 Å². The molecule has 4 rings (SSSR count). The number of rotatable bonds is 6. The Labute approximate surface area is 176 Å². The molecule has 1 aliphatic rings. The Morgan fingerprint density at radius 2 is 1.93 bits per heavy atom. The molecule has 6 nitrogen and oxygen atoms in total. The van der Waals surface area contributed by atoms with Crippen LogP contribution in [0, 0.1) is 0 Å². The Kier molecular flexibility index (Phi) is 5.84. The average molecular weight is 403 g/mol. The molecule has 0 aliphatic carbocycles. The molecule has 0 fully saturated rings. The third-order valence-electron chi connectivity index (χ3n) is 5.21. The van der Waals surface area contributed by atoms with Gasteiger partial charge in [0, 0.05) is 42.1 Å². The second kappa shape index (κ2) is 8.86. The fourth-order valence-electron chi connectivity index (χ4n) is 3.60. The number of aryl methyl sites for hydroxylation is 2. The molecule has 0 bridgehead atoms. The zero-order valence-corrected chi connectivity index (χ0v) is 17.2. The third kappa shape index (κ3) is 4.38. The second-order valence-corrected chi connectivity index (χ2v) is 7.20. The number of methoxy groups -OCH3 is 2. The number of fused-ring (bicyclic) bond motifs is 1. The first kappa shape index (κ1) is 19.8. The minimum Gasteiger partial charge on any atom is -0.497 e. The molecule has 0 saturated carbocycles. The summed E-state index contributed by atoms with van der Waals surface area (Å²) >= 11 is 0. The molecule has 154 valence electrons. The Balaban J connectivity index is 1.43. The molecule has 0 radical (unpaired) electrons. The van der Waals surface area contributed by atoms with Gasteiger partial charge in [-0.15, -0.1) is 0 Å². The topological polar surface area (TPSA) is 65.4 Å². The largest absolute Gasteiger partial charge is 0.497 e. The molecular formula is C24H25N3O3. The zero-order chi connectivity index (χ0) is 20.9. The monoisotopic (exact) mass is 403 g/mol. The van der Waals surface area contributed by atoms with Crippen molar-refractivity contribution in [3.8, 4) is 22.8 Å². The van der Waals surface area contributed by atoms with Crippen molar-refractivity contribution in [1.82, 2.24) is 9.55 Å². The van der Waals surface area contributed by atoms with Crippen molar-refractivity contribution in [3.63, 3.8) is 0 Å². The van der Waals surface area contributed by atoms with Gasteiger partial charge in [0.05, 0.1) is 19.9 Å². The summed E-state index contributed by atoms with van der Waals surface area (Å²) in [5.74, 6) is 2.32. The van der Waals surface area contributed by atoms with Crippen LogP contribution in [0.2, 0.25) is 0 Å². The lowest BCUT2D eigenvalue weighted by Crippen LogP contribution is -2.08. The van der Waals surface area contributed by atoms with E-state index in [9.17, 15) is 4.79 Å². The molecule has 0 unspecified atom stereocenters. The number of carbonyl (C=O) groups is 1.